The summed E-state index contributed by atoms with van der Waals surface area (Å²) in [6, 6.07) is 3.84. The van der Waals surface area contributed by atoms with Gasteiger partial charge in [-0.05, 0) is 25.0 Å². The zero-order valence-corrected chi connectivity index (χ0v) is 12.2. The molecule has 3 aliphatic rings. The van der Waals surface area contributed by atoms with Gasteiger partial charge in [-0.2, -0.15) is 0 Å². The van der Waals surface area contributed by atoms with E-state index in [1.165, 1.54) is 38.4 Å². The third-order valence-corrected chi connectivity index (χ3v) is 6.33. The second kappa shape index (κ2) is 4.88. The van der Waals surface area contributed by atoms with Crippen molar-refractivity contribution < 1.29 is 9.13 Å². The first-order valence-corrected chi connectivity index (χ1v) is 8.38. The maximum atomic E-state index is 13.6. The normalized spacial score (nSPS) is 29.1. The zero-order chi connectivity index (χ0) is 13.6. The van der Waals surface area contributed by atoms with Gasteiger partial charge in [-0.15, -0.1) is 11.8 Å². The Morgan fingerprint density at radius 2 is 2.25 bits per heavy atom. The lowest BCUT2D eigenvalue weighted by atomic mass is 9.84. The molecule has 3 heterocycles. The summed E-state index contributed by atoms with van der Waals surface area (Å²) < 4.78 is 19.7. The molecule has 1 spiro atoms. The fraction of sp³-hybridized carbons (Fsp3) is 0.667. The van der Waals surface area contributed by atoms with E-state index in [1.54, 1.807) is 12.3 Å². The van der Waals surface area contributed by atoms with Gasteiger partial charge in [0.15, 0.2) is 5.82 Å². The number of aromatic nitrogens is 1. The van der Waals surface area contributed by atoms with Crippen molar-refractivity contribution in [3.05, 3.63) is 24.1 Å². The number of hydrogen-bond donors (Lipinski definition) is 0. The Kier molecular flexibility index (Phi) is 3.15. The van der Waals surface area contributed by atoms with Gasteiger partial charge in [-0.25, -0.2) is 9.37 Å². The third kappa shape index (κ3) is 2.21. The minimum absolute atomic E-state index is 0.105. The summed E-state index contributed by atoms with van der Waals surface area (Å²) in [6.45, 7) is 2.37. The highest BCUT2D eigenvalue weighted by Crippen LogP contribution is 2.48. The molecule has 0 aromatic carbocycles. The van der Waals surface area contributed by atoms with Gasteiger partial charge in [0, 0.05) is 42.2 Å². The number of hydrogen-bond acceptors (Lipinski definition) is 4. The maximum absolute atomic E-state index is 13.6. The van der Waals surface area contributed by atoms with Gasteiger partial charge in [0.05, 0.1) is 0 Å². The molecule has 108 valence electrons. The summed E-state index contributed by atoms with van der Waals surface area (Å²) >= 11 is 2.00. The maximum Gasteiger partial charge on any atom is 0.250 e. The Labute approximate surface area is 122 Å². The zero-order valence-electron chi connectivity index (χ0n) is 11.4. The van der Waals surface area contributed by atoms with Crippen LogP contribution < -0.4 is 4.74 Å². The standard InChI is InChI=1S/C15H19FN2OS/c16-13-5-2-6-17-14(13)19-12-7-15(20-8-12)9-18(10-15)11-3-1-4-11/h2,5-6,11-12H,1,3-4,7-10H2/t12-/m0/s1. The Morgan fingerprint density at radius 1 is 1.40 bits per heavy atom. The predicted molar refractivity (Wildman–Crippen MR) is 77.6 cm³/mol. The summed E-state index contributed by atoms with van der Waals surface area (Å²) in [5.74, 6) is 0.752. The van der Waals surface area contributed by atoms with E-state index in [-0.39, 0.29) is 17.8 Å². The Hall–Kier alpha value is -0.810. The Balaban J connectivity index is 1.34. The summed E-state index contributed by atoms with van der Waals surface area (Å²) in [5.41, 5.74) is 0. The lowest BCUT2D eigenvalue weighted by Crippen LogP contribution is -2.63. The molecule has 0 N–H and O–H groups in total. The van der Waals surface area contributed by atoms with Crippen LogP contribution in [-0.4, -0.2) is 45.6 Å². The molecule has 2 saturated heterocycles. The minimum Gasteiger partial charge on any atom is -0.471 e. The minimum atomic E-state index is -0.358. The second-order valence-corrected chi connectivity index (χ2v) is 7.71. The Bertz CT molecular complexity index is 502. The van der Waals surface area contributed by atoms with Crippen molar-refractivity contribution in [1.82, 2.24) is 9.88 Å². The highest BCUT2D eigenvalue weighted by Gasteiger charge is 2.52. The van der Waals surface area contributed by atoms with Gasteiger partial charge in [-0.1, -0.05) is 6.42 Å². The lowest BCUT2D eigenvalue weighted by molar-refractivity contribution is 0.0237. The van der Waals surface area contributed by atoms with Crippen LogP contribution in [0.15, 0.2) is 18.3 Å². The molecular formula is C15H19FN2OS. The average Bonchev–Trinajstić information content (AvgIpc) is 2.74. The molecule has 4 rings (SSSR count). The molecule has 1 atom stereocenters. The molecule has 1 aromatic heterocycles. The fourth-order valence-electron chi connectivity index (χ4n) is 3.42. The molecule has 1 saturated carbocycles. The van der Waals surface area contributed by atoms with E-state index in [2.05, 4.69) is 9.88 Å². The first-order chi connectivity index (χ1) is 9.74. The van der Waals surface area contributed by atoms with Crippen LogP contribution in [0.1, 0.15) is 25.7 Å². The first kappa shape index (κ1) is 12.9. The molecule has 0 bridgehead atoms. The van der Waals surface area contributed by atoms with E-state index in [1.807, 2.05) is 11.8 Å². The molecule has 3 nitrogen and oxygen atoms in total. The van der Waals surface area contributed by atoms with Crippen LogP contribution in [0.25, 0.3) is 0 Å². The average molecular weight is 294 g/mol. The molecule has 1 aliphatic carbocycles. The predicted octanol–water partition coefficient (Wildman–Crippen LogP) is 2.71. The van der Waals surface area contributed by atoms with Crippen LogP contribution in [0, 0.1) is 5.82 Å². The SMILES string of the molecule is Fc1cccnc1O[C@@H]1CSC2(C1)CN(C1CCC1)C2. The van der Waals surface area contributed by atoms with Crippen LogP contribution in [0.3, 0.4) is 0 Å². The van der Waals surface area contributed by atoms with Crippen LogP contribution in [-0.2, 0) is 0 Å². The van der Waals surface area contributed by atoms with Crippen molar-refractivity contribution >= 4 is 11.8 Å². The van der Waals surface area contributed by atoms with Crippen molar-refractivity contribution in [3.63, 3.8) is 0 Å². The quantitative estimate of drug-likeness (QED) is 0.856. The van der Waals surface area contributed by atoms with Gasteiger partial charge in [-0.3, -0.25) is 4.90 Å². The van der Waals surface area contributed by atoms with E-state index in [9.17, 15) is 4.39 Å². The molecule has 0 radical (unpaired) electrons. The molecular weight excluding hydrogens is 275 g/mol. The third-order valence-electron chi connectivity index (χ3n) is 4.75. The van der Waals surface area contributed by atoms with Gasteiger partial charge >= 0.3 is 0 Å². The van der Waals surface area contributed by atoms with Crippen molar-refractivity contribution in [3.8, 4) is 5.88 Å². The van der Waals surface area contributed by atoms with E-state index in [4.69, 9.17) is 4.74 Å². The number of halogens is 1. The van der Waals surface area contributed by atoms with Crippen molar-refractivity contribution in [1.29, 1.82) is 0 Å². The summed E-state index contributed by atoms with van der Waals surface area (Å²) in [4.78, 5) is 6.59. The number of pyridine rings is 1. The van der Waals surface area contributed by atoms with Gasteiger partial charge in [0.2, 0.25) is 0 Å². The number of likely N-dealkylation sites (tertiary alicyclic amines) is 1. The molecule has 1 aromatic rings. The first-order valence-electron chi connectivity index (χ1n) is 7.39. The molecule has 3 fully saturated rings. The molecule has 0 amide bonds. The van der Waals surface area contributed by atoms with Crippen LogP contribution >= 0.6 is 11.8 Å². The van der Waals surface area contributed by atoms with Gasteiger partial charge in [0.1, 0.15) is 6.10 Å². The summed E-state index contributed by atoms with van der Waals surface area (Å²) in [5, 5.41) is 0. The monoisotopic (exact) mass is 294 g/mol. The molecule has 20 heavy (non-hydrogen) atoms. The highest BCUT2D eigenvalue weighted by atomic mass is 32.2. The molecule has 0 unspecified atom stereocenters. The number of ether oxygens (including phenoxy) is 1. The highest BCUT2D eigenvalue weighted by molar-refractivity contribution is 8.01. The largest absolute Gasteiger partial charge is 0.471 e. The summed E-state index contributed by atoms with van der Waals surface area (Å²) in [6.07, 6.45) is 6.86. The van der Waals surface area contributed by atoms with Crippen LogP contribution in [0.4, 0.5) is 4.39 Å². The van der Waals surface area contributed by atoms with E-state index >= 15 is 0 Å². The van der Waals surface area contributed by atoms with Gasteiger partial charge < -0.3 is 4.74 Å². The van der Waals surface area contributed by atoms with Crippen molar-refractivity contribution in [2.45, 2.75) is 42.6 Å². The van der Waals surface area contributed by atoms with E-state index < -0.39 is 0 Å². The topological polar surface area (TPSA) is 25.4 Å². The lowest BCUT2D eigenvalue weighted by Gasteiger charge is -2.53. The van der Waals surface area contributed by atoms with Gasteiger partial charge in [0.25, 0.3) is 5.88 Å². The van der Waals surface area contributed by atoms with Crippen LogP contribution in [0.5, 0.6) is 5.88 Å². The van der Waals surface area contributed by atoms with Crippen molar-refractivity contribution in [2.75, 3.05) is 18.8 Å². The number of nitrogens with zero attached hydrogens (tertiary/aromatic N) is 2. The van der Waals surface area contributed by atoms with Crippen LogP contribution in [0.2, 0.25) is 0 Å². The smallest absolute Gasteiger partial charge is 0.250 e. The molecule has 5 heteroatoms. The Morgan fingerprint density at radius 3 is 2.95 bits per heavy atom. The number of rotatable bonds is 3. The second-order valence-electron chi connectivity index (χ2n) is 6.22. The van der Waals surface area contributed by atoms with E-state index in [0.717, 1.165) is 18.2 Å². The van der Waals surface area contributed by atoms with E-state index in [0.29, 0.717) is 4.75 Å². The fourth-order valence-corrected chi connectivity index (χ4v) is 4.96. The number of thioether (sulfide) groups is 1. The molecule has 2 aliphatic heterocycles. The van der Waals surface area contributed by atoms with Crippen molar-refractivity contribution in [2.24, 2.45) is 0 Å². The summed E-state index contributed by atoms with van der Waals surface area (Å²) in [7, 11) is 0.